The third-order valence-corrected chi connectivity index (χ3v) is 4.01. The number of hydrogen-bond donors (Lipinski definition) is 1. The molecule has 0 fully saturated rings. The van der Waals surface area contributed by atoms with Crippen LogP contribution in [0.4, 0.5) is 4.39 Å². The number of rotatable bonds is 4. The second-order valence-corrected chi connectivity index (χ2v) is 6.14. The van der Waals surface area contributed by atoms with E-state index < -0.39 is 11.6 Å². The van der Waals surface area contributed by atoms with E-state index in [0.29, 0.717) is 22.5 Å². The summed E-state index contributed by atoms with van der Waals surface area (Å²) < 4.78 is 19.7. The van der Waals surface area contributed by atoms with Gasteiger partial charge in [-0.2, -0.15) is 0 Å². The van der Waals surface area contributed by atoms with Gasteiger partial charge < -0.3 is 9.84 Å². The first-order chi connectivity index (χ1) is 11.8. The highest BCUT2D eigenvalue weighted by Gasteiger charge is 2.26. The third kappa shape index (κ3) is 3.15. The van der Waals surface area contributed by atoms with E-state index in [0.717, 1.165) is 5.39 Å². The van der Waals surface area contributed by atoms with E-state index in [2.05, 4.69) is 9.97 Å². The highest BCUT2D eigenvalue weighted by Crippen LogP contribution is 2.34. The minimum absolute atomic E-state index is 0.0590. The molecule has 3 aromatic rings. The van der Waals surface area contributed by atoms with Gasteiger partial charge in [0.15, 0.2) is 0 Å². The molecular weight excluding hydrogens is 323 g/mol. The van der Waals surface area contributed by atoms with Crippen LogP contribution in [0.1, 0.15) is 29.8 Å². The Morgan fingerprint density at radius 3 is 2.56 bits per heavy atom. The van der Waals surface area contributed by atoms with E-state index in [1.165, 1.54) is 32.3 Å². The van der Waals surface area contributed by atoms with E-state index >= 15 is 0 Å². The summed E-state index contributed by atoms with van der Waals surface area (Å²) in [5, 5.41) is 10.1. The van der Waals surface area contributed by atoms with Crippen LogP contribution in [0.25, 0.3) is 22.2 Å². The SMILES string of the molecule is COc1ccc2c(-c3ccc(C(=O)O)c(C(C)(C)F)c3)ncnc2c1. The van der Waals surface area contributed by atoms with Gasteiger partial charge in [0, 0.05) is 22.6 Å². The number of aromatic carboxylic acids is 1. The highest BCUT2D eigenvalue weighted by molar-refractivity contribution is 5.95. The number of methoxy groups -OCH3 is 1. The van der Waals surface area contributed by atoms with Gasteiger partial charge >= 0.3 is 5.97 Å². The molecule has 1 aromatic heterocycles. The fraction of sp³-hybridized carbons (Fsp3) is 0.211. The summed E-state index contributed by atoms with van der Waals surface area (Å²) in [6, 6.07) is 9.98. The molecule has 0 spiro atoms. The molecule has 0 saturated heterocycles. The van der Waals surface area contributed by atoms with Gasteiger partial charge in [-0.3, -0.25) is 0 Å². The first-order valence-electron chi connectivity index (χ1n) is 7.67. The lowest BCUT2D eigenvalue weighted by molar-refractivity contribution is 0.0689. The van der Waals surface area contributed by atoms with Crippen molar-refractivity contribution in [3.8, 4) is 17.0 Å². The van der Waals surface area contributed by atoms with Gasteiger partial charge in [-0.1, -0.05) is 6.07 Å². The summed E-state index contributed by atoms with van der Waals surface area (Å²) in [5.41, 5.74) is 0.177. The van der Waals surface area contributed by atoms with Crippen molar-refractivity contribution in [2.75, 3.05) is 7.11 Å². The number of aromatic nitrogens is 2. The predicted octanol–water partition coefficient (Wildman–Crippen LogP) is 4.21. The molecule has 0 bridgehead atoms. The van der Waals surface area contributed by atoms with Crippen LogP contribution in [0, 0.1) is 0 Å². The Balaban J connectivity index is 2.23. The Bertz CT molecular complexity index is 965. The van der Waals surface area contributed by atoms with Gasteiger partial charge in [0.2, 0.25) is 0 Å². The van der Waals surface area contributed by atoms with Gasteiger partial charge in [0.1, 0.15) is 17.7 Å². The Morgan fingerprint density at radius 1 is 1.16 bits per heavy atom. The molecular formula is C19H17FN2O3. The lowest BCUT2D eigenvalue weighted by Crippen LogP contribution is -2.15. The maximum atomic E-state index is 14.5. The van der Waals surface area contributed by atoms with Crippen LogP contribution < -0.4 is 4.74 Å². The van der Waals surface area contributed by atoms with Crippen molar-refractivity contribution >= 4 is 16.9 Å². The fourth-order valence-electron chi connectivity index (χ4n) is 2.76. The largest absolute Gasteiger partial charge is 0.497 e. The van der Waals surface area contributed by atoms with Crippen LogP contribution in [-0.2, 0) is 5.67 Å². The topological polar surface area (TPSA) is 72.3 Å². The number of ether oxygens (including phenoxy) is 1. The molecule has 2 aromatic carbocycles. The van der Waals surface area contributed by atoms with Crippen molar-refractivity contribution in [3.63, 3.8) is 0 Å². The Kier molecular flexibility index (Phi) is 4.12. The number of fused-ring (bicyclic) bond motifs is 1. The molecule has 1 heterocycles. The molecule has 5 nitrogen and oxygen atoms in total. The average molecular weight is 340 g/mol. The summed E-state index contributed by atoms with van der Waals surface area (Å²) in [7, 11) is 1.57. The van der Waals surface area contributed by atoms with Gasteiger partial charge in [-0.05, 0) is 38.1 Å². The quantitative estimate of drug-likeness (QED) is 0.770. The van der Waals surface area contributed by atoms with Gasteiger partial charge in [-0.25, -0.2) is 19.2 Å². The van der Waals surface area contributed by atoms with Crippen molar-refractivity contribution in [3.05, 3.63) is 53.9 Å². The number of alkyl halides is 1. The zero-order valence-corrected chi connectivity index (χ0v) is 14.1. The Labute approximate surface area is 144 Å². The highest BCUT2D eigenvalue weighted by atomic mass is 19.1. The third-order valence-electron chi connectivity index (χ3n) is 4.01. The van der Waals surface area contributed by atoms with E-state index in [-0.39, 0.29) is 11.1 Å². The molecule has 128 valence electrons. The van der Waals surface area contributed by atoms with Crippen molar-refractivity contribution in [2.24, 2.45) is 0 Å². The average Bonchev–Trinajstić information content (AvgIpc) is 2.59. The van der Waals surface area contributed by atoms with Crippen LogP contribution in [0.3, 0.4) is 0 Å². The monoisotopic (exact) mass is 340 g/mol. The first kappa shape index (κ1) is 16.8. The van der Waals surface area contributed by atoms with Crippen molar-refractivity contribution in [1.82, 2.24) is 9.97 Å². The molecule has 0 saturated carbocycles. The molecule has 0 radical (unpaired) electrons. The van der Waals surface area contributed by atoms with Crippen LogP contribution in [0.5, 0.6) is 5.75 Å². The molecule has 0 aliphatic heterocycles. The minimum Gasteiger partial charge on any atom is -0.497 e. The Hall–Kier alpha value is -3.02. The van der Waals surface area contributed by atoms with E-state index in [9.17, 15) is 14.3 Å². The number of carboxylic acid groups (broad SMARTS) is 1. The smallest absolute Gasteiger partial charge is 0.336 e. The van der Waals surface area contributed by atoms with Crippen LogP contribution >= 0.6 is 0 Å². The van der Waals surface area contributed by atoms with E-state index in [1.54, 1.807) is 25.3 Å². The van der Waals surface area contributed by atoms with Gasteiger partial charge in [0.05, 0.1) is 23.9 Å². The number of carboxylic acids is 1. The molecule has 25 heavy (non-hydrogen) atoms. The summed E-state index contributed by atoms with van der Waals surface area (Å²) in [4.78, 5) is 19.9. The van der Waals surface area contributed by atoms with Crippen LogP contribution in [0.2, 0.25) is 0 Å². The van der Waals surface area contributed by atoms with E-state index in [4.69, 9.17) is 4.74 Å². The zero-order valence-electron chi connectivity index (χ0n) is 14.1. The maximum absolute atomic E-state index is 14.5. The fourth-order valence-corrected chi connectivity index (χ4v) is 2.76. The molecule has 1 N–H and O–H groups in total. The molecule has 0 unspecified atom stereocenters. The minimum atomic E-state index is -1.80. The van der Waals surface area contributed by atoms with Crippen molar-refractivity contribution in [2.45, 2.75) is 19.5 Å². The summed E-state index contributed by atoms with van der Waals surface area (Å²) in [6.07, 6.45) is 1.42. The van der Waals surface area contributed by atoms with Crippen LogP contribution in [0.15, 0.2) is 42.7 Å². The summed E-state index contributed by atoms with van der Waals surface area (Å²) in [5.74, 6) is -0.492. The number of carbonyl (C=O) groups is 1. The lowest BCUT2D eigenvalue weighted by Gasteiger charge is -2.18. The summed E-state index contributed by atoms with van der Waals surface area (Å²) in [6.45, 7) is 2.67. The van der Waals surface area contributed by atoms with E-state index in [1.807, 2.05) is 6.07 Å². The van der Waals surface area contributed by atoms with Crippen molar-refractivity contribution < 1.29 is 19.0 Å². The molecule has 0 aliphatic rings. The number of nitrogens with zero attached hydrogens (tertiary/aromatic N) is 2. The zero-order chi connectivity index (χ0) is 18.2. The summed E-state index contributed by atoms with van der Waals surface area (Å²) >= 11 is 0. The standard InChI is InChI=1S/C19H17FN2O3/c1-19(2,20)15-8-11(4-6-13(15)18(23)24)17-14-7-5-12(25-3)9-16(14)21-10-22-17/h4-10H,1-3H3,(H,23,24). The molecule has 0 atom stereocenters. The number of hydrogen-bond acceptors (Lipinski definition) is 4. The number of halogens is 1. The normalized spacial score (nSPS) is 11.5. The molecule has 0 aliphatic carbocycles. The molecule has 3 rings (SSSR count). The Morgan fingerprint density at radius 2 is 1.92 bits per heavy atom. The van der Waals surface area contributed by atoms with Crippen molar-refractivity contribution in [1.29, 1.82) is 0 Å². The lowest BCUT2D eigenvalue weighted by atomic mass is 9.91. The van der Waals surface area contributed by atoms with Gasteiger partial charge in [0.25, 0.3) is 0 Å². The van der Waals surface area contributed by atoms with Gasteiger partial charge in [-0.15, -0.1) is 0 Å². The molecule has 0 amide bonds. The predicted molar refractivity (Wildman–Crippen MR) is 92.6 cm³/mol. The number of benzene rings is 2. The van der Waals surface area contributed by atoms with Crippen LogP contribution in [-0.4, -0.2) is 28.2 Å². The molecule has 6 heteroatoms. The first-order valence-corrected chi connectivity index (χ1v) is 7.67. The maximum Gasteiger partial charge on any atom is 0.336 e. The second kappa shape index (κ2) is 6.12. The second-order valence-electron chi connectivity index (χ2n) is 6.14.